The first-order valence-electron chi connectivity index (χ1n) is 9.93. The highest BCUT2D eigenvalue weighted by Gasteiger charge is 2.05. The minimum atomic E-state index is -0.0641. The van der Waals surface area contributed by atoms with Gasteiger partial charge in [0.05, 0.1) is 0 Å². The minimum Gasteiger partial charge on any atom is -0.356 e. The average Bonchev–Trinajstić information content (AvgIpc) is 2.77. The number of benzene rings is 3. The lowest BCUT2D eigenvalue weighted by Gasteiger charge is -2.13. The summed E-state index contributed by atoms with van der Waals surface area (Å²) in [4.78, 5) is 16.1. The van der Waals surface area contributed by atoms with Crippen LogP contribution in [-0.4, -0.2) is 39.1 Å². The molecule has 0 aliphatic rings. The van der Waals surface area contributed by atoms with E-state index in [0.717, 1.165) is 37.5 Å². The van der Waals surface area contributed by atoms with Gasteiger partial charge in [-0.05, 0) is 46.9 Å². The molecule has 0 radical (unpaired) electrons. The fourth-order valence-corrected chi connectivity index (χ4v) is 3.38. The number of nitrogens with one attached hydrogen (secondary N) is 3. The zero-order valence-corrected chi connectivity index (χ0v) is 19.8. The average molecular weight is 516 g/mol. The van der Waals surface area contributed by atoms with Crippen molar-refractivity contribution in [3.63, 3.8) is 0 Å². The van der Waals surface area contributed by atoms with Gasteiger partial charge in [-0.15, -0.1) is 24.0 Å². The number of nitrogens with zero attached hydrogens (tertiary/aromatic N) is 1. The van der Waals surface area contributed by atoms with E-state index >= 15 is 0 Å². The summed E-state index contributed by atoms with van der Waals surface area (Å²) < 4.78 is 0. The van der Waals surface area contributed by atoms with E-state index in [1.165, 1.54) is 16.3 Å². The molecule has 0 spiro atoms. The van der Waals surface area contributed by atoms with Gasteiger partial charge in [0, 0.05) is 32.7 Å². The van der Waals surface area contributed by atoms with E-state index in [2.05, 4.69) is 63.4 Å². The van der Waals surface area contributed by atoms with Crippen molar-refractivity contribution in [2.45, 2.75) is 12.8 Å². The van der Waals surface area contributed by atoms with Crippen molar-refractivity contribution in [1.29, 1.82) is 0 Å². The lowest BCUT2D eigenvalue weighted by molar-refractivity contribution is 0.0963. The second kappa shape index (κ2) is 12.2. The first-order valence-corrected chi connectivity index (χ1v) is 9.93. The number of carbonyl (C=O) groups is 1. The van der Waals surface area contributed by atoms with Crippen molar-refractivity contribution >= 4 is 46.6 Å². The predicted octanol–water partition coefficient (Wildman–Crippen LogP) is 3.77. The Morgan fingerprint density at radius 2 is 1.60 bits per heavy atom. The Labute approximate surface area is 195 Å². The van der Waals surface area contributed by atoms with Crippen LogP contribution < -0.4 is 16.0 Å². The summed E-state index contributed by atoms with van der Waals surface area (Å²) in [5.41, 5.74) is 3.13. The number of guanidine groups is 1. The van der Waals surface area contributed by atoms with E-state index in [4.69, 9.17) is 0 Å². The highest BCUT2D eigenvalue weighted by atomic mass is 127. The molecule has 0 bridgehead atoms. The second-order valence-electron chi connectivity index (χ2n) is 6.84. The Morgan fingerprint density at radius 1 is 0.900 bits per heavy atom. The fourth-order valence-electron chi connectivity index (χ4n) is 3.38. The molecule has 0 saturated carbocycles. The molecule has 30 heavy (non-hydrogen) atoms. The number of aliphatic imine (C=N–C) groups is 1. The van der Waals surface area contributed by atoms with Crippen LogP contribution in [0.2, 0.25) is 0 Å². The van der Waals surface area contributed by atoms with Crippen LogP contribution in [0.4, 0.5) is 0 Å². The van der Waals surface area contributed by atoms with Gasteiger partial charge in [-0.2, -0.15) is 0 Å². The highest BCUT2D eigenvalue weighted by molar-refractivity contribution is 14.0. The van der Waals surface area contributed by atoms with Crippen LogP contribution in [0.5, 0.6) is 0 Å². The zero-order valence-electron chi connectivity index (χ0n) is 17.4. The molecule has 5 nitrogen and oxygen atoms in total. The number of rotatable bonds is 7. The van der Waals surface area contributed by atoms with Crippen LogP contribution in [0.15, 0.2) is 71.7 Å². The first kappa shape index (κ1) is 23.7. The van der Waals surface area contributed by atoms with Crippen LogP contribution in [0.1, 0.15) is 21.5 Å². The van der Waals surface area contributed by atoms with Gasteiger partial charge in [-0.25, -0.2) is 0 Å². The van der Waals surface area contributed by atoms with E-state index in [1.54, 1.807) is 14.1 Å². The van der Waals surface area contributed by atoms with Gasteiger partial charge in [0.15, 0.2) is 5.96 Å². The summed E-state index contributed by atoms with van der Waals surface area (Å²) in [5.74, 6) is 0.721. The lowest BCUT2D eigenvalue weighted by Crippen LogP contribution is -2.39. The van der Waals surface area contributed by atoms with Gasteiger partial charge >= 0.3 is 0 Å². The monoisotopic (exact) mass is 516 g/mol. The molecule has 6 heteroatoms. The van der Waals surface area contributed by atoms with E-state index in [9.17, 15) is 4.79 Å². The molecule has 0 aliphatic carbocycles. The summed E-state index contributed by atoms with van der Waals surface area (Å²) in [6.45, 7) is 1.55. The number of halogens is 1. The SMILES string of the molecule is CN=C(NCCc1cccc(C(=O)NC)c1)NCCc1cccc2ccccc12.I. The molecule has 1 amide bonds. The quantitative estimate of drug-likeness (QED) is 0.255. The van der Waals surface area contributed by atoms with E-state index in [1.807, 2.05) is 24.3 Å². The van der Waals surface area contributed by atoms with Gasteiger partial charge in [0.1, 0.15) is 0 Å². The Bertz CT molecular complexity index is 998. The molecular weight excluding hydrogens is 487 g/mol. The Morgan fingerprint density at radius 3 is 2.37 bits per heavy atom. The fraction of sp³-hybridized carbons (Fsp3) is 0.250. The molecule has 0 aromatic heterocycles. The van der Waals surface area contributed by atoms with Gasteiger partial charge in [0.2, 0.25) is 0 Å². The van der Waals surface area contributed by atoms with Crippen LogP contribution in [0, 0.1) is 0 Å². The molecule has 158 valence electrons. The maximum Gasteiger partial charge on any atom is 0.251 e. The van der Waals surface area contributed by atoms with Crippen molar-refractivity contribution < 1.29 is 4.79 Å². The molecule has 0 saturated heterocycles. The largest absolute Gasteiger partial charge is 0.356 e. The third kappa shape index (κ3) is 6.45. The van der Waals surface area contributed by atoms with Crippen LogP contribution in [0.25, 0.3) is 10.8 Å². The number of hydrogen-bond donors (Lipinski definition) is 3. The summed E-state index contributed by atoms with van der Waals surface area (Å²) in [5, 5.41) is 12.0. The summed E-state index contributed by atoms with van der Waals surface area (Å²) >= 11 is 0. The maximum atomic E-state index is 11.8. The molecule has 0 unspecified atom stereocenters. The molecule has 3 aromatic carbocycles. The van der Waals surface area contributed by atoms with Crippen molar-refractivity contribution in [2.24, 2.45) is 4.99 Å². The highest BCUT2D eigenvalue weighted by Crippen LogP contribution is 2.18. The predicted molar refractivity (Wildman–Crippen MR) is 136 cm³/mol. The van der Waals surface area contributed by atoms with E-state index in [-0.39, 0.29) is 29.9 Å². The molecule has 3 N–H and O–H groups in total. The van der Waals surface area contributed by atoms with E-state index in [0.29, 0.717) is 5.56 Å². The van der Waals surface area contributed by atoms with Crippen molar-refractivity contribution in [1.82, 2.24) is 16.0 Å². The smallest absolute Gasteiger partial charge is 0.251 e. The topological polar surface area (TPSA) is 65.5 Å². The molecule has 3 aromatic rings. The number of hydrogen-bond acceptors (Lipinski definition) is 2. The Balaban J connectivity index is 0.00000320. The van der Waals surface area contributed by atoms with Crippen LogP contribution in [0.3, 0.4) is 0 Å². The summed E-state index contributed by atoms with van der Waals surface area (Å²) in [6.07, 6.45) is 1.74. The first-order chi connectivity index (χ1) is 14.2. The summed E-state index contributed by atoms with van der Waals surface area (Å²) in [7, 11) is 3.42. The second-order valence-corrected chi connectivity index (χ2v) is 6.84. The van der Waals surface area contributed by atoms with Gasteiger partial charge < -0.3 is 16.0 Å². The lowest BCUT2D eigenvalue weighted by atomic mass is 10.0. The number of amides is 1. The van der Waals surface area contributed by atoms with Gasteiger partial charge in [0.25, 0.3) is 5.91 Å². The molecule has 3 rings (SSSR count). The molecule has 0 heterocycles. The van der Waals surface area contributed by atoms with Gasteiger partial charge in [-0.1, -0.05) is 54.6 Å². The number of fused-ring (bicyclic) bond motifs is 1. The number of carbonyl (C=O) groups excluding carboxylic acids is 1. The van der Waals surface area contributed by atoms with Crippen molar-refractivity contribution in [2.75, 3.05) is 27.2 Å². The maximum absolute atomic E-state index is 11.8. The van der Waals surface area contributed by atoms with Crippen molar-refractivity contribution in [3.8, 4) is 0 Å². The molecule has 0 aliphatic heterocycles. The van der Waals surface area contributed by atoms with Crippen LogP contribution in [-0.2, 0) is 12.8 Å². The minimum absolute atomic E-state index is 0. The Kier molecular flexibility index (Phi) is 9.60. The third-order valence-electron chi connectivity index (χ3n) is 4.91. The van der Waals surface area contributed by atoms with Crippen LogP contribution >= 0.6 is 24.0 Å². The van der Waals surface area contributed by atoms with E-state index < -0.39 is 0 Å². The normalized spacial score (nSPS) is 10.9. The Hall–Kier alpha value is -2.61. The standard InChI is InChI=1S/C24H28N4O.HI/c1-25-23(29)21-11-5-7-18(17-21)13-15-27-24(26-2)28-16-14-20-10-6-9-19-8-3-4-12-22(19)20;/h3-12,17H,13-16H2,1-2H3,(H,25,29)(H2,26,27,28);1H. The van der Waals surface area contributed by atoms with Crippen molar-refractivity contribution in [3.05, 3.63) is 83.4 Å². The van der Waals surface area contributed by atoms with Gasteiger partial charge in [-0.3, -0.25) is 9.79 Å². The molecule has 0 atom stereocenters. The molecular formula is C24H29IN4O. The molecule has 0 fully saturated rings. The zero-order chi connectivity index (χ0) is 20.5. The third-order valence-corrected chi connectivity index (χ3v) is 4.91. The summed E-state index contributed by atoms with van der Waals surface area (Å²) in [6, 6.07) is 22.6.